The first-order valence-corrected chi connectivity index (χ1v) is 7.87. The van der Waals surface area contributed by atoms with E-state index in [4.69, 9.17) is 0 Å². The minimum atomic E-state index is 0.0318. The highest BCUT2D eigenvalue weighted by Crippen LogP contribution is 2.26. The van der Waals surface area contributed by atoms with Gasteiger partial charge in [-0.05, 0) is 45.1 Å². The van der Waals surface area contributed by atoms with Crippen LogP contribution in [0.4, 0.5) is 0 Å². The predicted molar refractivity (Wildman–Crippen MR) is 86.9 cm³/mol. The summed E-state index contributed by atoms with van der Waals surface area (Å²) < 4.78 is 0. The van der Waals surface area contributed by atoms with E-state index in [1.807, 2.05) is 0 Å². The first-order valence-electron chi connectivity index (χ1n) is 7.87. The molecule has 0 spiro atoms. The van der Waals surface area contributed by atoms with Gasteiger partial charge in [0.2, 0.25) is 0 Å². The molecule has 0 radical (unpaired) electrons. The Morgan fingerprint density at radius 2 is 1.65 bits per heavy atom. The van der Waals surface area contributed by atoms with Gasteiger partial charge in [-0.2, -0.15) is 0 Å². The molecule has 0 atom stereocenters. The molecule has 0 aliphatic rings. The normalized spacial score (nSPS) is 12.7. The van der Waals surface area contributed by atoms with Crippen molar-refractivity contribution in [3.05, 3.63) is 35.9 Å². The fraction of sp³-hybridized carbons (Fsp3) is 0.667. The molecule has 0 amide bonds. The van der Waals surface area contributed by atoms with Crippen molar-refractivity contribution >= 4 is 0 Å². The highest BCUT2D eigenvalue weighted by atomic mass is 16.3. The molecular weight excluding hydrogens is 246 g/mol. The number of benzene rings is 1. The number of hydrogen-bond acceptors (Lipinski definition) is 2. The van der Waals surface area contributed by atoms with Crippen molar-refractivity contribution < 1.29 is 5.11 Å². The second-order valence-corrected chi connectivity index (χ2v) is 6.59. The van der Waals surface area contributed by atoms with E-state index in [0.29, 0.717) is 0 Å². The van der Waals surface area contributed by atoms with E-state index in [0.717, 1.165) is 32.2 Å². The SMILES string of the molecule is CCC(CC)(CO)CNC(C)(C)CCc1ccccc1. The van der Waals surface area contributed by atoms with Crippen LogP contribution in [0.2, 0.25) is 0 Å². The Hall–Kier alpha value is -0.860. The summed E-state index contributed by atoms with van der Waals surface area (Å²) in [5, 5.41) is 13.3. The maximum atomic E-state index is 9.64. The highest BCUT2D eigenvalue weighted by molar-refractivity contribution is 5.15. The lowest BCUT2D eigenvalue weighted by Gasteiger charge is -2.35. The van der Waals surface area contributed by atoms with Gasteiger partial charge in [-0.1, -0.05) is 44.2 Å². The van der Waals surface area contributed by atoms with Crippen LogP contribution in [0, 0.1) is 5.41 Å². The van der Waals surface area contributed by atoms with Gasteiger partial charge in [0.25, 0.3) is 0 Å². The quantitative estimate of drug-likeness (QED) is 0.720. The third-order valence-electron chi connectivity index (χ3n) is 4.66. The van der Waals surface area contributed by atoms with Crippen molar-refractivity contribution in [3.63, 3.8) is 0 Å². The fourth-order valence-corrected chi connectivity index (χ4v) is 2.40. The molecule has 0 saturated heterocycles. The Morgan fingerprint density at radius 3 is 2.15 bits per heavy atom. The van der Waals surface area contributed by atoms with Crippen LogP contribution in [0.3, 0.4) is 0 Å². The molecule has 20 heavy (non-hydrogen) atoms. The Morgan fingerprint density at radius 1 is 1.05 bits per heavy atom. The minimum Gasteiger partial charge on any atom is -0.396 e. The summed E-state index contributed by atoms with van der Waals surface area (Å²) >= 11 is 0. The van der Waals surface area contributed by atoms with Gasteiger partial charge in [0, 0.05) is 24.1 Å². The molecule has 0 aliphatic heterocycles. The summed E-state index contributed by atoms with van der Waals surface area (Å²) in [7, 11) is 0. The molecule has 0 fully saturated rings. The highest BCUT2D eigenvalue weighted by Gasteiger charge is 2.28. The predicted octanol–water partition coefficient (Wildman–Crippen LogP) is 3.79. The third kappa shape index (κ3) is 5.26. The molecule has 0 heterocycles. The first-order chi connectivity index (χ1) is 9.47. The second kappa shape index (κ2) is 7.80. The smallest absolute Gasteiger partial charge is 0.0499 e. The summed E-state index contributed by atoms with van der Waals surface area (Å²) in [4.78, 5) is 0. The Bertz CT molecular complexity index is 360. The fourth-order valence-electron chi connectivity index (χ4n) is 2.40. The largest absolute Gasteiger partial charge is 0.396 e. The summed E-state index contributed by atoms with van der Waals surface area (Å²) in [6.07, 6.45) is 4.22. The number of rotatable bonds is 9. The van der Waals surface area contributed by atoms with Gasteiger partial charge in [-0.25, -0.2) is 0 Å². The zero-order valence-electron chi connectivity index (χ0n) is 13.6. The van der Waals surface area contributed by atoms with Crippen molar-refractivity contribution in [1.29, 1.82) is 0 Å². The van der Waals surface area contributed by atoms with Crippen molar-refractivity contribution in [2.24, 2.45) is 5.41 Å². The van der Waals surface area contributed by atoms with E-state index in [9.17, 15) is 5.11 Å². The number of hydrogen-bond donors (Lipinski definition) is 2. The van der Waals surface area contributed by atoms with Crippen molar-refractivity contribution in [2.45, 2.75) is 58.9 Å². The lowest BCUT2D eigenvalue weighted by Crippen LogP contribution is -2.47. The summed E-state index contributed by atoms with van der Waals surface area (Å²) in [5.74, 6) is 0. The van der Waals surface area contributed by atoms with Gasteiger partial charge in [0.05, 0.1) is 0 Å². The molecule has 114 valence electrons. The van der Waals surface area contributed by atoms with Crippen LogP contribution in [0.5, 0.6) is 0 Å². The molecule has 0 saturated carbocycles. The van der Waals surface area contributed by atoms with E-state index in [2.05, 4.69) is 63.3 Å². The average Bonchev–Trinajstić information content (AvgIpc) is 2.48. The van der Waals surface area contributed by atoms with Crippen LogP contribution < -0.4 is 5.32 Å². The summed E-state index contributed by atoms with van der Waals surface area (Å²) in [5.41, 5.74) is 1.52. The van der Waals surface area contributed by atoms with Crippen LogP contribution in [0.15, 0.2) is 30.3 Å². The minimum absolute atomic E-state index is 0.0318. The van der Waals surface area contributed by atoms with E-state index >= 15 is 0 Å². The van der Waals surface area contributed by atoms with Gasteiger partial charge in [0.1, 0.15) is 0 Å². The molecule has 2 heteroatoms. The lowest BCUT2D eigenvalue weighted by molar-refractivity contribution is 0.103. The number of aliphatic hydroxyl groups is 1. The van der Waals surface area contributed by atoms with Gasteiger partial charge < -0.3 is 10.4 Å². The molecule has 0 aliphatic carbocycles. The van der Waals surface area contributed by atoms with Crippen molar-refractivity contribution in [1.82, 2.24) is 5.32 Å². The third-order valence-corrected chi connectivity index (χ3v) is 4.66. The molecule has 1 aromatic rings. The van der Waals surface area contributed by atoms with Gasteiger partial charge in [0.15, 0.2) is 0 Å². The van der Waals surface area contributed by atoms with Crippen LogP contribution >= 0.6 is 0 Å². The molecule has 2 N–H and O–H groups in total. The number of nitrogens with one attached hydrogen (secondary N) is 1. The van der Waals surface area contributed by atoms with Crippen LogP contribution in [0.25, 0.3) is 0 Å². The number of aliphatic hydroxyl groups excluding tert-OH is 1. The lowest BCUT2D eigenvalue weighted by atomic mass is 9.82. The van der Waals surface area contributed by atoms with Gasteiger partial charge in [-0.15, -0.1) is 0 Å². The molecule has 1 aromatic carbocycles. The Kier molecular flexibility index (Phi) is 6.70. The van der Waals surface area contributed by atoms with Gasteiger partial charge in [-0.3, -0.25) is 0 Å². The summed E-state index contributed by atoms with van der Waals surface area (Å²) in [6, 6.07) is 10.6. The van der Waals surface area contributed by atoms with Crippen LogP contribution in [-0.2, 0) is 6.42 Å². The molecule has 2 nitrogen and oxygen atoms in total. The maximum Gasteiger partial charge on any atom is 0.0499 e. The molecule has 0 unspecified atom stereocenters. The zero-order chi connectivity index (χ0) is 15.1. The van der Waals surface area contributed by atoms with Gasteiger partial charge >= 0.3 is 0 Å². The number of aryl methyl sites for hydroxylation is 1. The average molecular weight is 277 g/mol. The van der Waals surface area contributed by atoms with Crippen LogP contribution in [0.1, 0.15) is 52.5 Å². The van der Waals surface area contributed by atoms with E-state index in [1.54, 1.807) is 0 Å². The van der Waals surface area contributed by atoms with E-state index in [-0.39, 0.29) is 17.6 Å². The Labute approximate surface area is 124 Å². The molecule has 0 bridgehead atoms. The van der Waals surface area contributed by atoms with E-state index in [1.165, 1.54) is 5.56 Å². The van der Waals surface area contributed by atoms with Crippen LogP contribution in [-0.4, -0.2) is 23.8 Å². The first kappa shape index (κ1) is 17.2. The monoisotopic (exact) mass is 277 g/mol. The molecule has 0 aromatic heterocycles. The molecular formula is C18H31NO. The standard InChI is InChI=1S/C18H31NO/c1-5-18(6-2,15-20)14-19-17(3,4)13-12-16-10-8-7-9-11-16/h7-11,19-20H,5-6,12-15H2,1-4H3. The van der Waals surface area contributed by atoms with Crippen molar-refractivity contribution in [3.8, 4) is 0 Å². The topological polar surface area (TPSA) is 32.3 Å². The van der Waals surface area contributed by atoms with Crippen molar-refractivity contribution in [2.75, 3.05) is 13.2 Å². The maximum absolute atomic E-state index is 9.64. The van der Waals surface area contributed by atoms with E-state index < -0.39 is 0 Å². The zero-order valence-corrected chi connectivity index (χ0v) is 13.6. The second-order valence-electron chi connectivity index (χ2n) is 6.59. The molecule has 1 rings (SSSR count). The Balaban J connectivity index is 2.48. The summed E-state index contributed by atoms with van der Waals surface area (Å²) in [6.45, 7) is 9.99.